The van der Waals surface area contributed by atoms with Crippen molar-refractivity contribution in [1.29, 1.82) is 0 Å². The van der Waals surface area contributed by atoms with Gasteiger partial charge in [0.2, 0.25) is 0 Å². The third kappa shape index (κ3) is 2.89. The number of nitrogen functional groups attached to an aromatic ring is 1. The summed E-state index contributed by atoms with van der Waals surface area (Å²) in [6.07, 6.45) is 5.34. The van der Waals surface area contributed by atoms with Crippen molar-refractivity contribution >= 4 is 5.82 Å². The SMILES string of the molecule is CN(C)Cc1c(N)n(C2CCCCC2)c(=O)[nH]c1=O. The number of anilines is 1. The van der Waals surface area contributed by atoms with Crippen LogP contribution in [0, 0.1) is 0 Å². The fraction of sp³-hybridized carbons (Fsp3) is 0.692. The number of nitrogens with two attached hydrogens (primary N) is 1. The number of rotatable bonds is 3. The van der Waals surface area contributed by atoms with Crippen LogP contribution in [-0.2, 0) is 6.54 Å². The molecule has 1 fully saturated rings. The molecule has 0 aliphatic heterocycles. The summed E-state index contributed by atoms with van der Waals surface area (Å²) < 4.78 is 1.58. The molecule has 2 rings (SSSR count). The Bertz CT molecular complexity index is 553. The predicted molar refractivity (Wildman–Crippen MR) is 75.2 cm³/mol. The lowest BCUT2D eigenvalue weighted by atomic mass is 9.95. The van der Waals surface area contributed by atoms with Crippen molar-refractivity contribution in [3.8, 4) is 0 Å². The third-order valence-corrected chi connectivity index (χ3v) is 3.70. The topological polar surface area (TPSA) is 84.1 Å². The number of aromatic amines is 1. The molecular weight excluding hydrogens is 244 g/mol. The Morgan fingerprint density at radius 3 is 2.47 bits per heavy atom. The molecule has 0 spiro atoms. The second-order valence-electron chi connectivity index (χ2n) is 5.52. The van der Waals surface area contributed by atoms with Gasteiger partial charge in [-0.3, -0.25) is 14.3 Å². The van der Waals surface area contributed by atoms with E-state index in [9.17, 15) is 9.59 Å². The Balaban J connectivity index is 2.48. The lowest BCUT2D eigenvalue weighted by molar-refractivity contribution is 0.341. The van der Waals surface area contributed by atoms with Crippen LogP contribution in [0.3, 0.4) is 0 Å². The molecule has 1 aromatic rings. The van der Waals surface area contributed by atoms with Gasteiger partial charge in [-0.2, -0.15) is 0 Å². The Hall–Kier alpha value is -1.56. The van der Waals surface area contributed by atoms with Crippen LogP contribution < -0.4 is 17.0 Å². The summed E-state index contributed by atoms with van der Waals surface area (Å²) in [6, 6.07) is 0.124. The van der Waals surface area contributed by atoms with Gasteiger partial charge in [-0.05, 0) is 26.9 Å². The lowest BCUT2D eigenvalue weighted by Crippen LogP contribution is -2.38. The van der Waals surface area contributed by atoms with E-state index in [1.165, 1.54) is 6.42 Å². The highest BCUT2D eigenvalue weighted by Crippen LogP contribution is 2.28. The van der Waals surface area contributed by atoms with E-state index in [0.29, 0.717) is 17.9 Å². The van der Waals surface area contributed by atoms with E-state index in [0.717, 1.165) is 25.7 Å². The van der Waals surface area contributed by atoms with Gasteiger partial charge < -0.3 is 10.6 Å². The lowest BCUT2D eigenvalue weighted by Gasteiger charge is -2.26. The maximum atomic E-state index is 12.0. The highest BCUT2D eigenvalue weighted by Gasteiger charge is 2.21. The molecular formula is C13H22N4O2. The van der Waals surface area contributed by atoms with E-state index in [-0.39, 0.29) is 17.3 Å². The van der Waals surface area contributed by atoms with Crippen molar-refractivity contribution in [2.24, 2.45) is 0 Å². The molecule has 0 radical (unpaired) electrons. The molecule has 3 N–H and O–H groups in total. The van der Waals surface area contributed by atoms with Gasteiger partial charge >= 0.3 is 5.69 Å². The van der Waals surface area contributed by atoms with Crippen molar-refractivity contribution in [2.45, 2.75) is 44.7 Å². The van der Waals surface area contributed by atoms with Crippen LogP contribution in [0.4, 0.5) is 5.82 Å². The predicted octanol–water partition coefficient (Wildman–Crippen LogP) is 0.686. The van der Waals surface area contributed by atoms with E-state index in [1.807, 2.05) is 19.0 Å². The largest absolute Gasteiger partial charge is 0.385 e. The summed E-state index contributed by atoms with van der Waals surface area (Å²) in [5.74, 6) is 0.328. The van der Waals surface area contributed by atoms with E-state index in [2.05, 4.69) is 4.98 Å². The zero-order valence-corrected chi connectivity index (χ0v) is 11.6. The van der Waals surface area contributed by atoms with Crippen molar-refractivity contribution in [3.05, 3.63) is 26.4 Å². The minimum atomic E-state index is -0.378. The Kier molecular flexibility index (Phi) is 4.09. The monoisotopic (exact) mass is 266 g/mol. The molecule has 0 bridgehead atoms. The maximum Gasteiger partial charge on any atom is 0.330 e. The highest BCUT2D eigenvalue weighted by atomic mass is 16.2. The van der Waals surface area contributed by atoms with Gasteiger partial charge in [0.05, 0.1) is 5.56 Å². The van der Waals surface area contributed by atoms with Crippen LogP contribution in [0.25, 0.3) is 0 Å². The molecule has 106 valence electrons. The average Bonchev–Trinajstić information content (AvgIpc) is 2.35. The maximum absolute atomic E-state index is 12.0. The van der Waals surface area contributed by atoms with E-state index in [1.54, 1.807) is 4.57 Å². The number of H-pyrrole nitrogens is 1. The Morgan fingerprint density at radius 1 is 1.26 bits per heavy atom. The van der Waals surface area contributed by atoms with E-state index in [4.69, 9.17) is 5.73 Å². The number of nitrogens with one attached hydrogen (secondary N) is 1. The summed E-state index contributed by atoms with van der Waals surface area (Å²) in [5.41, 5.74) is 5.81. The zero-order chi connectivity index (χ0) is 14.0. The van der Waals surface area contributed by atoms with Crippen LogP contribution in [0.5, 0.6) is 0 Å². The van der Waals surface area contributed by atoms with E-state index < -0.39 is 0 Å². The summed E-state index contributed by atoms with van der Waals surface area (Å²) >= 11 is 0. The van der Waals surface area contributed by atoms with Gasteiger partial charge in [0, 0.05) is 12.6 Å². The van der Waals surface area contributed by atoms with Gasteiger partial charge in [-0.1, -0.05) is 19.3 Å². The van der Waals surface area contributed by atoms with E-state index >= 15 is 0 Å². The van der Waals surface area contributed by atoms with Crippen LogP contribution in [-0.4, -0.2) is 28.5 Å². The normalized spacial score (nSPS) is 17.0. The summed E-state index contributed by atoms with van der Waals surface area (Å²) in [7, 11) is 3.74. The quantitative estimate of drug-likeness (QED) is 0.843. The van der Waals surface area contributed by atoms with Crippen molar-refractivity contribution in [3.63, 3.8) is 0 Å². The zero-order valence-electron chi connectivity index (χ0n) is 11.6. The first-order valence-electron chi connectivity index (χ1n) is 6.78. The molecule has 1 aliphatic rings. The number of hydrogen-bond acceptors (Lipinski definition) is 4. The molecule has 1 heterocycles. The molecule has 0 saturated heterocycles. The van der Waals surface area contributed by atoms with Crippen molar-refractivity contribution < 1.29 is 0 Å². The summed E-state index contributed by atoms with van der Waals surface area (Å²) in [6.45, 7) is 0.439. The molecule has 1 aliphatic carbocycles. The fourth-order valence-corrected chi connectivity index (χ4v) is 2.77. The van der Waals surface area contributed by atoms with Gasteiger partial charge in [-0.15, -0.1) is 0 Å². The molecule has 0 atom stereocenters. The Labute approximate surface area is 112 Å². The van der Waals surface area contributed by atoms with Gasteiger partial charge in [-0.25, -0.2) is 4.79 Å². The van der Waals surface area contributed by atoms with Crippen LogP contribution >= 0.6 is 0 Å². The molecule has 0 amide bonds. The van der Waals surface area contributed by atoms with Crippen molar-refractivity contribution in [2.75, 3.05) is 19.8 Å². The fourth-order valence-electron chi connectivity index (χ4n) is 2.77. The van der Waals surface area contributed by atoms with Gasteiger partial charge in [0.1, 0.15) is 5.82 Å². The first-order chi connectivity index (χ1) is 9.00. The highest BCUT2D eigenvalue weighted by molar-refractivity contribution is 5.38. The van der Waals surface area contributed by atoms with Gasteiger partial charge in [0.25, 0.3) is 5.56 Å². The number of nitrogens with zero attached hydrogens (tertiary/aromatic N) is 2. The first-order valence-corrected chi connectivity index (χ1v) is 6.78. The van der Waals surface area contributed by atoms with Crippen molar-refractivity contribution in [1.82, 2.24) is 14.5 Å². The van der Waals surface area contributed by atoms with Crippen LogP contribution in [0.2, 0.25) is 0 Å². The number of hydrogen-bond donors (Lipinski definition) is 2. The van der Waals surface area contributed by atoms with Gasteiger partial charge in [0.15, 0.2) is 0 Å². The van der Waals surface area contributed by atoms with Crippen LogP contribution in [0.1, 0.15) is 43.7 Å². The summed E-state index contributed by atoms with van der Waals surface area (Å²) in [4.78, 5) is 28.1. The molecule has 1 saturated carbocycles. The molecule has 1 aromatic heterocycles. The second kappa shape index (κ2) is 5.61. The minimum Gasteiger partial charge on any atom is -0.385 e. The third-order valence-electron chi connectivity index (χ3n) is 3.70. The smallest absolute Gasteiger partial charge is 0.330 e. The first kappa shape index (κ1) is 13.9. The average molecular weight is 266 g/mol. The molecule has 6 nitrogen and oxygen atoms in total. The molecule has 6 heteroatoms. The molecule has 0 aromatic carbocycles. The summed E-state index contributed by atoms with van der Waals surface area (Å²) in [5, 5.41) is 0. The standard InChI is InChI=1S/C13H22N4O2/c1-16(2)8-10-11(14)17(13(19)15-12(10)18)9-6-4-3-5-7-9/h9H,3-8,14H2,1-2H3,(H,15,18,19). The van der Waals surface area contributed by atoms with Crippen LogP contribution in [0.15, 0.2) is 9.59 Å². The number of aromatic nitrogens is 2. The second-order valence-corrected chi connectivity index (χ2v) is 5.52. The molecule has 0 unspecified atom stereocenters. The minimum absolute atomic E-state index is 0.124. The molecule has 19 heavy (non-hydrogen) atoms. The Morgan fingerprint density at radius 2 is 1.89 bits per heavy atom.